The van der Waals surface area contributed by atoms with Gasteiger partial charge in [0.2, 0.25) is 0 Å². The second kappa shape index (κ2) is 5.03. The minimum Gasteiger partial charge on any atom is -0.617 e. The van der Waals surface area contributed by atoms with E-state index in [9.17, 15) is 15.5 Å². The van der Waals surface area contributed by atoms with Crippen LogP contribution in [0.15, 0.2) is 36.4 Å². The van der Waals surface area contributed by atoms with E-state index in [1.807, 2.05) is 0 Å². The Kier molecular flexibility index (Phi) is 3.57. The fourth-order valence-corrected chi connectivity index (χ4v) is 2.18. The van der Waals surface area contributed by atoms with E-state index < -0.39 is 0 Å². The van der Waals surface area contributed by atoms with Crippen molar-refractivity contribution >= 4 is 22.1 Å². The molecule has 6 nitrogen and oxygen atoms in total. The maximum Gasteiger partial charge on any atom is 2.00 e. The SMILES string of the molecule is COc1cccc2c1[n+]([O-])c1cccc(O)c1[n+]2[O-].[Cu+2]. The minimum atomic E-state index is -0.234. The number of rotatable bonds is 1. The number of ether oxygens (including phenoxy) is 1. The Morgan fingerprint density at radius 2 is 1.50 bits per heavy atom. The zero-order valence-corrected chi connectivity index (χ0v) is 11.3. The third-order valence-electron chi connectivity index (χ3n) is 3.03. The van der Waals surface area contributed by atoms with Crippen LogP contribution in [-0.4, -0.2) is 12.2 Å². The van der Waals surface area contributed by atoms with Crippen molar-refractivity contribution in [1.29, 1.82) is 0 Å². The number of para-hydroxylation sites is 2. The van der Waals surface area contributed by atoms with Crippen LogP contribution in [0, 0.1) is 10.4 Å². The van der Waals surface area contributed by atoms with Gasteiger partial charge in [0.05, 0.1) is 7.11 Å². The number of phenols is 1. The molecular weight excluding hydrogens is 312 g/mol. The maximum absolute atomic E-state index is 12.3. The average molecular weight is 322 g/mol. The van der Waals surface area contributed by atoms with Crippen LogP contribution in [0.1, 0.15) is 0 Å². The number of phenolic OH excluding ortho intramolecular Hbond substituents is 1. The molecule has 0 aliphatic carbocycles. The molecule has 2 aromatic carbocycles. The van der Waals surface area contributed by atoms with Crippen LogP contribution in [-0.2, 0) is 17.1 Å². The van der Waals surface area contributed by atoms with Gasteiger partial charge in [-0.1, -0.05) is 12.1 Å². The molecule has 3 rings (SSSR count). The average Bonchev–Trinajstić information content (AvgIpc) is 2.43. The van der Waals surface area contributed by atoms with Crippen LogP contribution in [0.5, 0.6) is 11.5 Å². The van der Waals surface area contributed by atoms with Gasteiger partial charge in [0, 0.05) is 12.1 Å². The quantitative estimate of drug-likeness (QED) is 0.313. The minimum absolute atomic E-state index is 0. The van der Waals surface area contributed by atoms with E-state index in [1.54, 1.807) is 12.1 Å². The third-order valence-corrected chi connectivity index (χ3v) is 3.03. The van der Waals surface area contributed by atoms with Gasteiger partial charge >= 0.3 is 28.1 Å². The second-order valence-corrected chi connectivity index (χ2v) is 4.06. The van der Waals surface area contributed by atoms with Crippen LogP contribution >= 0.6 is 0 Å². The number of methoxy groups -OCH3 is 1. The van der Waals surface area contributed by atoms with E-state index in [-0.39, 0.29) is 44.9 Å². The van der Waals surface area contributed by atoms with Gasteiger partial charge in [-0.15, -0.1) is 0 Å². The van der Waals surface area contributed by atoms with Crippen molar-refractivity contribution in [3.63, 3.8) is 0 Å². The normalized spacial score (nSPS) is 10.4. The fourth-order valence-electron chi connectivity index (χ4n) is 2.18. The Morgan fingerprint density at radius 3 is 2.15 bits per heavy atom. The topological polar surface area (TPSA) is 83.3 Å². The summed E-state index contributed by atoms with van der Waals surface area (Å²) in [6.45, 7) is 0. The summed E-state index contributed by atoms with van der Waals surface area (Å²) in [6.07, 6.45) is 0. The molecule has 0 aliphatic heterocycles. The molecule has 1 aromatic heterocycles. The van der Waals surface area contributed by atoms with Crippen LogP contribution in [0.25, 0.3) is 22.1 Å². The number of benzene rings is 2. The van der Waals surface area contributed by atoms with Gasteiger partial charge in [-0.2, -0.15) is 9.46 Å². The molecule has 0 bridgehead atoms. The summed E-state index contributed by atoms with van der Waals surface area (Å²) < 4.78 is 6.24. The summed E-state index contributed by atoms with van der Waals surface area (Å²) in [5.74, 6) is 0.0733. The molecule has 1 radical (unpaired) electrons. The maximum atomic E-state index is 12.3. The summed E-state index contributed by atoms with van der Waals surface area (Å²) in [4.78, 5) is 0. The summed E-state index contributed by atoms with van der Waals surface area (Å²) in [6, 6.07) is 9.07. The van der Waals surface area contributed by atoms with Crippen molar-refractivity contribution in [2.24, 2.45) is 0 Å². The van der Waals surface area contributed by atoms with Gasteiger partial charge in [-0.3, -0.25) is 0 Å². The predicted molar refractivity (Wildman–Crippen MR) is 67.6 cm³/mol. The molecule has 0 saturated heterocycles. The molecule has 7 heteroatoms. The van der Waals surface area contributed by atoms with Gasteiger partial charge < -0.3 is 20.3 Å². The predicted octanol–water partition coefficient (Wildman–Crippen LogP) is 0.972. The number of aromatic hydroxyl groups is 1. The summed E-state index contributed by atoms with van der Waals surface area (Å²) in [7, 11) is 1.43. The van der Waals surface area contributed by atoms with Gasteiger partial charge in [0.25, 0.3) is 11.0 Å². The van der Waals surface area contributed by atoms with Crippen molar-refractivity contribution in [1.82, 2.24) is 0 Å². The van der Waals surface area contributed by atoms with Crippen molar-refractivity contribution in [2.75, 3.05) is 7.11 Å². The van der Waals surface area contributed by atoms with Crippen molar-refractivity contribution in [3.8, 4) is 11.5 Å². The van der Waals surface area contributed by atoms with E-state index in [4.69, 9.17) is 4.74 Å². The Labute approximate surface area is 124 Å². The fraction of sp³-hybridized carbons (Fsp3) is 0.0769. The molecule has 1 N–H and O–H groups in total. The first kappa shape index (κ1) is 14.2. The Balaban J connectivity index is 0.00000147. The van der Waals surface area contributed by atoms with E-state index in [2.05, 4.69) is 0 Å². The van der Waals surface area contributed by atoms with Crippen LogP contribution in [0.3, 0.4) is 0 Å². The first-order chi connectivity index (χ1) is 9.15. The summed E-state index contributed by atoms with van der Waals surface area (Å²) in [5, 5.41) is 34.4. The molecule has 0 unspecified atom stereocenters. The third kappa shape index (κ3) is 1.79. The van der Waals surface area contributed by atoms with E-state index in [1.165, 1.54) is 31.4 Å². The molecule has 0 atom stereocenters. The molecule has 105 valence electrons. The van der Waals surface area contributed by atoms with Gasteiger partial charge in [-0.05, 0) is 12.1 Å². The molecule has 0 saturated carbocycles. The van der Waals surface area contributed by atoms with Crippen LogP contribution < -0.4 is 14.2 Å². The zero-order valence-electron chi connectivity index (χ0n) is 10.3. The van der Waals surface area contributed by atoms with Gasteiger partial charge in [-0.25, -0.2) is 0 Å². The molecular formula is C13H10CuN2O4+2. The van der Waals surface area contributed by atoms with E-state index >= 15 is 0 Å². The van der Waals surface area contributed by atoms with Crippen LogP contribution in [0.4, 0.5) is 0 Å². The molecule has 0 fully saturated rings. The van der Waals surface area contributed by atoms with Crippen molar-refractivity contribution < 1.29 is 36.4 Å². The Hall–Kier alpha value is -2.24. The first-order valence-electron chi connectivity index (χ1n) is 5.58. The Bertz CT molecular complexity index is 807. The van der Waals surface area contributed by atoms with Crippen molar-refractivity contribution in [3.05, 3.63) is 46.8 Å². The standard InChI is InChI=1S/C13H10N2O4.Cu/c1-19-11-7-3-5-9-13(11)15(18)8-4-2-6-10(16)12(8)14(9)17;/h2-7,16H,1H3;/q;+2. The van der Waals surface area contributed by atoms with Crippen LogP contribution in [0.2, 0.25) is 0 Å². The van der Waals surface area contributed by atoms with E-state index in [0.717, 1.165) is 0 Å². The smallest absolute Gasteiger partial charge is 0.617 e. The first-order valence-corrected chi connectivity index (χ1v) is 5.58. The Morgan fingerprint density at radius 1 is 0.950 bits per heavy atom. The number of fused-ring (bicyclic) bond motifs is 2. The van der Waals surface area contributed by atoms with E-state index in [0.29, 0.717) is 15.2 Å². The largest absolute Gasteiger partial charge is 2.00 e. The van der Waals surface area contributed by atoms with Gasteiger partial charge in [0.15, 0.2) is 11.5 Å². The number of nitrogens with zero attached hydrogens (tertiary/aromatic N) is 2. The number of hydrogen-bond donors (Lipinski definition) is 1. The molecule has 3 aromatic rings. The van der Waals surface area contributed by atoms with Gasteiger partial charge in [0.1, 0.15) is 0 Å². The molecule has 20 heavy (non-hydrogen) atoms. The van der Waals surface area contributed by atoms with Crippen molar-refractivity contribution in [2.45, 2.75) is 0 Å². The summed E-state index contributed by atoms with van der Waals surface area (Å²) in [5.41, 5.74) is 0.312. The molecule has 0 aliphatic rings. The second-order valence-electron chi connectivity index (χ2n) is 4.06. The molecule has 1 heterocycles. The number of hydrogen-bond acceptors (Lipinski definition) is 4. The monoisotopic (exact) mass is 321 g/mol. The molecule has 0 spiro atoms. The number of aromatic nitrogens is 2. The summed E-state index contributed by atoms with van der Waals surface area (Å²) >= 11 is 0. The molecule has 0 amide bonds. The zero-order chi connectivity index (χ0) is 13.6.